The summed E-state index contributed by atoms with van der Waals surface area (Å²) in [4.78, 5) is 12.0. The molecule has 1 atom stereocenters. The molecule has 2 aliphatic rings. The van der Waals surface area contributed by atoms with Crippen molar-refractivity contribution >= 4 is 23.5 Å². The number of aryl methyl sites for hydroxylation is 2. The number of thioether (sulfide) groups is 1. The number of benzene rings is 1. The first-order valence-corrected chi connectivity index (χ1v) is 9.88. The number of anilines is 1. The molecule has 2 aromatic rings. The minimum absolute atomic E-state index is 0.0259. The summed E-state index contributed by atoms with van der Waals surface area (Å²) in [6.07, 6.45) is 5.22. The standard InChI is InChI=1S/C19H23N3O2S/c1-12-17-18(25-11-16(23)20-19(17)22(2)21-12)13-7-9-15(10-8-13)24-14-5-3-4-6-14/h7-10,14,18H,3-6,11H2,1-2H3,(H,20,23). The summed E-state index contributed by atoms with van der Waals surface area (Å²) >= 11 is 1.65. The topological polar surface area (TPSA) is 56.2 Å². The lowest BCUT2D eigenvalue weighted by molar-refractivity contribution is -0.113. The summed E-state index contributed by atoms with van der Waals surface area (Å²) in [5, 5.41) is 7.58. The zero-order valence-corrected chi connectivity index (χ0v) is 15.4. The van der Waals surface area contributed by atoms with E-state index in [0.29, 0.717) is 11.9 Å². The van der Waals surface area contributed by atoms with Gasteiger partial charge in [0.05, 0.1) is 22.8 Å². The molecule has 1 aliphatic carbocycles. The van der Waals surface area contributed by atoms with Crippen molar-refractivity contribution in [2.45, 2.75) is 44.0 Å². The van der Waals surface area contributed by atoms with Crippen LogP contribution in [0.2, 0.25) is 0 Å². The summed E-state index contributed by atoms with van der Waals surface area (Å²) in [5.74, 6) is 2.22. The van der Waals surface area contributed by atoms with E-state index in [-0.39, 0.29) is 11.2 Å². The van der Waals surface area contributed by atoms with Crippen LogP contribution < -0.4 is 10.1 Å². The highest BCUT2D eigenvalue weighted by atomic mass is 32.2. The van der Waals surface area contributed by atoms with Gasteiger partial charge in [-0.3, -0.25) is 9.48 Å². The first-order chi connectivity index (χ1) is 12.1. The molecular weight excluding hydrogens is 334 g/mol. The summed E-state index contributed by atoms with van der Waals surface area (Å²) in [6, 6.07) is 8.35. The molecule has 0 spiro atoms. The Kier molecular flexibility index (Phi) is 4.46. The molecule has 1 unspecified atom stereocenters. The van der Waals surface area contributed by atoms with E-state index in [0.717, 1.165) is 35.7 Å². The summed E-state index contributed by atoms with van der Waals surface area (Å²) in [6.45, 7) is 2.00. The molecule has 1 saturated carbocycles. The maximum Gasteiger partial charge on any atom is 0.235 e. The molecular formula is C19H23N3O2S. The first-order valence-electron chi connectivity index (χ1n) is 8.83. The SMILES string of the molecule is Cc1nn(C)c2c1C(c1ccc(OC3CCCC3)cc1)SCC(=O)N2. The van der Waals surface area contributed by atoms with Gasteiger partial charge in [0.15, 0.2) is 0 Å². The number of rotatable bonds is 3. The number of amides is 1. The predicted molar refractivity (Wildman–Crippen MR) is 100 cm³/mol. The Morgan fingerprint density at radius 1 is 1.24 bits per heavy atom. The van der Waals surface area contributed by atoms with Crippen LogP contribution in [0.5, 0.6) is 5.75 Å². The molecule has 0 radical (unpaired) electrons. The molecule has 4 rings (SSSR count). The fraction of sp³-hybridized carbons (Fsp3) is 0.474. The van der Waals surface area contributed by atoms with E-state index in [1.54, 1.807) is 16.4 Å². The quantitative estimate of drug-likeness (QED) is 0.907. The van der Waals surface area contributed by atoms with Crippen molar-refractivity contribution in [1.82, 2.24) is 9.78 Å². The average Bonchev–Trinajstić information content (AvgIpc) is 3.14. The lowest BCUT2D eigenvalue weighted by atomic mass is 10.0. The fourth-order valence-corrected chi connectivity index (χ4v) is 4.92. The van der Waals surface area contributed by atoms with E-state index in [1.807, 2.05) is 14.0 Å². The summed E-state index contributed by atoms with van der Waals surface area (Å²) in [7, 11) is 1.87. The number of aromatic nitrogens is 2. The molecule has 1 aromatic heterocycles. The smallest absolute Gasteiger partial charge is 0.235 e. The van der Waals surface area contributed by atoms with Crippen molar-refractivity contribution in [3.05, 3.63) is 41.1 Å². The molecule has 1 amide bonds. The van der Waals surface area contributed by atoms with Crippen LogP contribution in [0.3, 0.4) is 0 Å². The van der Waals surface area contributed by atoms with Crippen LogP contribution in [0.15, 0.2) is 24.3 Å². The zero-order chi connectivity index (χ0) is 17.4. The third-order valence-electron chi connectivity index (χ3n) is 4.96. The molecule has 25 heavy (non-hydrogen) atoms. The number of nitrogens with zero attached hydrogens (tertiary/aromatic N) is 2. The molecule has 1 aliphatic heterocycles. The Morgan fingerprint density at radius 3 is 2.68 bits per heavy atom. The number of hydrogen-bond acceptors (Lipinski definition) is 4. The third-order valence-corrected chi connectivity index (χ3v) is 6.23. The van der Waals surface area contributed by atoms with E-state index in [9.17, 15) is 4.79 Å². The molecule has 1 fully saturated rings. The number of carbonyl (C=O) groups is 1. The van der Waals surface area contributed by atoms with Crippen molar-refractivity contribution in [3.8, 4) is 5.75 Å². The Balaban J connectivity index is 1.61. The molecule has 0 bridgehead atoms. The third kappa shape index (κ3) is 3.27. The van der Waals surface area contributed by atoms with Crippen molar-refractivity contribution in [2.75, 3.05) is 11.1 Å². The van der Waals surface area contributed by atoms with Crippen molar-refractivity contribution < 1.29 is 9.53 Å². The van der Waals surface area contributed by atoms with Gasteiger partial charge in [-0.1, -0.05) is 12.1 Å². The van der Waals surface area contributed by atoms with Crippen LogP contribution in [0.4, 0.5) is 5.82 Å². The Morgan fingerprint density at radius 2 is 1.96 bits per heavy atom. The van der Waals surface area contributed by atoms with Gasteiger partial charge in [0, 0.05) is 12.6 Å². The predicted octanol–water partition coefficient (Wildman–Crippen LogP) is 3.82. The molecule has 132 valence electrons. The highest BCUT2D eigenvalue weighted by Crippen LogP contribution is 2.43. The van der Waals surface area contributed by atoms with Gasteiger partial charge in [0.25, 0.3) is 0 Å². The first kappa shape index (κ1) is 16.5. The Labute approximate surface area is 152 Å². The lowest BCUT2D eigenvalue weighted by Gasteiger charge is -2.17. The van der Waals surface area contributed by atoms with Gasteiger partial charge in [0.1, 0.15) is 11.6 Å². The highest BCUT2D eigenvalue weighted by Gasteiger charge is 2.29. The second-order valence-electron chi connectivity index (χ2n) is 6.80. The number of carbonyl (C=O) groups excluding carboxylic acids is 1. The molecule has 6 heteroatoms. The second-order valence-corrected chi connectivity index (χ2v) is 7.90. The average molecular weight is 357 g/mol. The van der Waals surface area contributed by atoms with Crippen LogP contribution in [-0.4, -0.2) is 27.5 Å². The second kappa shape index (κ2) is 6.75. The van der Waals surface area contributed by atoms with E-state index in [1.165, 1.54) is 18.4 Å². The van der Waals surface area contributed by atoms with Crippen LogP contribution in [0.25, 0.3) is 0 Å². The largest absolute Gasteiger partial charge is 0.490 e. The molecule has 1 N–H and O–H groups in total. The van der Waals surface area contributed by atoms with Crippen LogP contribution in [-0.2, 0) is 11.8 Å². The highest BCUT2D eigenvalue weighted by molar-refractivity contribution is 8.00. The van der Waals surface area contributed by atoms with E-state index in [2.05, 4.69) is 34.7 Å². The monoisotopic (exact) mass is 357 g/mol. The van der Waals surface area contributed by atoms with E-state index < -0.39 is 0 Å². The number of ether oxygens (including phenoxy) is 1. The van der Waals surface area contributed by atoms with Gasteiger partial charge < -0.3 is 10.1 Å². The minimum atomic E-state index is 0.0259. The number of fused-ring (bicyclic) bond motifs is 1. The Hall–Kier alpha value is -1.95. The summed E-state index contributed by atoms with van der Waals surface area (Å²) < 4.78 is 7.83. The summed E-state index contributed by atoms with van der Waals surface area (Å²) in [5.41, 5.74) is 3.24. The molecule has 2 heterocycles. The maximum atomic E-state index is 12.0. The lowest BCUT2D eigenvalue weighted by Crippen LogP contribution is -2.15. The number of nitrogens with one attached hydrogen (secondary N) is 1. The fourth-order valence-electron chi connectivity index (χ4n) is 3.73. The minimum Gasteiger partial charge on any atom is -0.490 e. The van der Waals surface area contributed by atoms with E-state index in [4.69, 9.17) is 4.74 Å². The van der Waals surface area contributed by atoms with Gasteiger partial charge in [-0.15, -0.1) is 11.8 Å². The van der Waals surface area contributed by atoms with Gasteiger partial charge >= 0.3 is 0 Å². The molecule has 5 nitrogen and oxygen atoms in total. The van der Waals surface area contributed by atoms with Gasteiger partial charge in [-0.05, 0) is 50.3 Å². The van der Waals surface area contributed by atoms with Crippen molar-refractivity contribution in [3.63, 3.8) is 0 Å². The zero-order valence-electron chi connectivity index (χ0n) is 14.6. The maximum absolute atomic E-state index is 12.0. The van der Waals surface area contributed by atoms with Gasteiger partial charge in [0.2, 0.25) is 5.91 Å². The Bertz CT molecular complexity index is 779. The van der Waals surface area contributed by atoms with Crippen LogP contribution in [0, 0.1) is 6.92 Å². The normalized spacial score (nSPS) is 20.9. The van der Waals surface area contributed by atoms with Crippen molar-refractivity contribution in [1.29, 1.82) is 0 Å². The molecule has 1 aromatic carbocycles. The van der Waals surface area contributed by atoms with Crippen LogP contribution in [0.1, 0.15) is 47.8 Å². The van der Waals surface area contributed by atoms with Crippen LogP contribution >= 0.6 is 11.8 Å². The van der Waals surface area contributed by atoms with E-state index >= 15 is 0 Å². The molecule has 0 saturated heterocycles. The number of hydrogen-bond donors (Lipinski definition) is 1. The van der Waals surface area contributed by atoms with Gasteiger partial charge in [-0.2, -0.15) is 5.10 Å². The van der Waals surface area contributed by atoms with Gasteiger partial charge in [-0.25, -0.2) is 0 Å². The van der Waals surface area contributed by atoms with Crippen molar-refractivity contribution in [2.24, 2.45) is 7.05 Å².